The highest BCUT2D eigenvalue weighted by Gasteiger charge is 2.32. The van der Waals surface area contributed by atoms with Gasteiger partial charge in [-0.3, -0.25) is 10.1 Å². The van der Waals surface area contributed by atoms with Gasteiger partial charge < -0.3 is 5.11 Å². The molecule has 0 aromatic rings. The van der Waals surface area contributed by atoms with Crippen molar-refractivity contribution in [1.82, 2.24) is 5.32 Å². The van der Waals surface area contributed by atoms with E-state index in [0.717, 1.165) is 0 Å². The maximum Gasteiger partial charge on any atom is 0.401 e. The van der Waals surface area contributed by atoms with Gasteiger partial charge in [0.25, 0.3) is 0 Å². The summed E-state index contributed by atoms with van der Waals surface area (Å²) in [5.74, 6) is -1.03. The summed E-state index contributed by atoms with van der Waals surface area (Å²) in [7, 11) is 0. The van der Waals surface area contributed by atoms with Crippen LogP contribution in [0.25, 0.3) is 0 Å². The van der Waals surface area contributed by atoms with Crippen LogP contribution in [0.1, 0.15) is 26.2 Å². The molecule has 0 bridgehead atoms. The van der Waals surface area contributed by atoms with Crippen LogP contribution in [0.3, 0.4) is 0 Å². The van der Waals surface area contributed by atoms with Crippen molar-refractivity contribution in [3.63, 3.8) is 0 Å². The van der Waals surface area contributed by atoms with Gasteiger partial charge >= 0.3 is 12.1 Å². The summed E-state index contributed by atoms with van der Waals surface area (Å²) < 4.78 is 35.7. The minimum atomic E-state index is -4.38. The molecule has 0 saturated heterocycles. The van der Waals surface area contributed by atoms with Crippen LogP contribution in [0.4, 0.5) is 13.2 Å². The standard InChI is InChI=1S/C9H13F3N2O2/c1-8(5-13,4-2-3-7(15)16)14-6-9(10,11)12/h14H,2-4,6H2,1H3,(H,15,16). The summed E-state index contributed by atoms with van der Waals surface area (Å²) >= 11 is 0. The molecule has 0 aromatic carbocycles. The highest BCUT2D eigenvalue weighted by Crippen LogP contribution is 2.17. The van der Waals surface area contributed by atoms with Gasteiger partial charge in [-0.25, -0.2) is 0 Å². The number of nitrogens with zero attached hydrogens (tertiary/aromatic N) is 1. The summed E-state index contributed by atoms with van der Waals surface area (Å²) in [4.78, 5) is 10.2. The van der Waals surface area contributed by atoms with Crippen molar-refractivity contribution < 1.29 is 23.1 Å². The van der Waals surface area contributed by atoms with Crippen LogP contribution in [0.2, 0.25) is 0 Å². The molecule has 0 rings (SSSR count). The Kier molecular flexibility index (Phi) is 5.24. The molecule has 16 heavy (non-hydrogen) atoms. The van der Waals surface area contributed by atoms with E-state index in [-0.39, 0.29) is 19.3 Å². The van der Waals surface area contributed by atoms with Crippen LogP contribution >= 0.6 is 0 Å². The largest absolute Gasteiger partial charge is 0.481 e. The van der Waals surface area contributed by atoms with E-state index in [4.69, 9.17) is 10.4 Å². The molecule has 1 unspecified atom stereocenters. The van der Waals surface area contributed by atoms with E-state index in [9.17, 15) is 18.0 Å². The highest BCUT2D eigenvalue weighted by molar-refractivity contribution is 5.66. The van der Waals surface area contributed by atoms with Crippen molar-refractivity contribution in [2.24, 2.45) is 0 Å². The smallest absolute Gasteiger partial charge is 0.401 e. The van der Waals surface area contributed by atoms with Crippen molar-refractivity contribution in [2.45, 2.75) is 37.9 Å². The molecule has 2 N–H and O–H groups in total. The van der Waals surface area contributed by atoms with Crippen LogP contribution in [0.15, 0.2) is 0 Å². The van der Waals surface area contributed by atoms with Gasteiger partial charge in [-0.1, -0.05) is 0 Å². The number of hydrogen-bond acceptors (Lipinski definition) is 3. The van der Waals surface area contributed by atoms with E-state index in [0.29, 0.717) is 0 Å². The first-order valence-electron chi connectivity index (χ1n) is 4.63. The minimum absolute atomic E-state index is 0.0614. The van der Waals surface area contributed by atoms with Crippen molar-refractivity contribution in [2.75, 3.05) is 6.54 Å². The van der Waals surface area contributed by atoms with E-state index in [1.807, 2.05) is 0 Å². The third kappa shape index (κ3) is 7.06. The molecule has 0 aliphatic heterocycles. The molecular weight excluding hydrogens is 225 g/mol. The number of carboxylic acids is 1. The van der Waals surface area contributed by atoms with Gasteiger partial charge in [-0.15, -0.1) is 0 Å². The monoisotopic (exact) mass is 238 g/mol. The quantitative estimate of drug-likeness (QED) is 0.738. The second-order valence-corrected chi connectivity index (χ2v) is 3.66. The number of nitrogens with one attached hydrogen (secondary N) is 1. The third-order valence-corrected chi connectivity index (χ3v) is 1.99. The average Bonchev–Trinajstić information content (AvgIpc) is 2.13. The number of nitriles is 1. The van der Waals surface area contributed by atoms with Crippen molar-refractivity contribution in [3.05, 3.63) is 0 Å². The van der Waals surface area contributed by atoms with Gasteiger partial charge in [0.1, 0.15) is 5.54 Å². The van der Waals surface area contributed by atoms with Gasteiger partial charge in [0.05, 0.1) is 12.6 Å². The zero-order chi connectivity index (χ0) is 12.8. The van der Waals surface area contributed by atoms with E-state index in [1.54, 1.807) is 6.07 Å². The Bertz CT molecular complexity index is 285. The average molecular weight is 238 g/mol. The lowest BCUT2D eigenvalue weighted by molar-refractivity contribution is -0.137. The van der Waals surface area contributed by atoms with Crippen molar-refractivity contribution in [1.29, 1.82) is 5.26 Å². The molecule has 0 heterocycles. The molecule has 0 saturated carbocycles. The summed E-state index contributed by atoms with van der Waals surface area (Å²) in [6.07, 6.45) is -4.33. The second kappa shape index (κ2) is 5.70. The zero-order valence-electron chi connectivity index (χ0n) is 8.76. The normalized spacial score (nSPS) is 15.2. The van der Waals surface area contributed by atoms with Crippen molar-refractivity contribution >= 4 is 5.97 Å². The Morgan fingerprint density at radius 3 is 2.44 bits per heavy atom. The first kappa shape index (κ1) is 14.7. The van der Waals surface area contributed by atoms with E-state index in [1.165, 1.54) is 6.92 Å². The molecule has 0 aliphatic carbocycles. The van der Waals surface area contributed by atoms with E-state index in [2.05, 4.69) is 5.32 Å². The first-order valence-corrected chi connectivity index (χ1v) is 4.63. The minimum Gasteiger partial charge on any atom is -0.481 e. The number of carboxylic acid groups (broad SMARTS) is 1. The fourth-order valence-corrected chi connectivity index (χ4v) is 1.07. The number of rotatable bonds is 6. The first-order chi connectivity index (χ1) is 7.18. The van der Waals surface area contributed by atoms with Gasteiger partial charge in [0.15, 0.2) is 0 Å². The Labute approximate surface area is 91.1 Å². The number of aliphatic carboxylic acids is 1. The topological polar surface area (TPSA) is 73.1 Å². The summed E-state index contributed by atoms with van der Waals surface area (Å²) in [6, 6.07) is 1.72. The fraction of sp³-hybridized carbons (Fsp3) is 0.778. The van der Waals surface area contributed by atoms with E-state index < -0.39 is 24.2 Å². The summed E-state index contributed by atoms with van der Waals surface area (Å²) in [6.45, 7) is 0.0602. The Morgan fingerprint density at radius 2 is 2.06 bits per heavy atom. The molecule has 4 nitrogen and oxygen atoms in total. The van der Waals surface area contributed by atoms with Gasteiger partial charge in [-0.05, 0) is 19.8 Å². The molecule has 0 radical (unpaired) electrons. The SMILES string of the molecule is CC(C#N)(CCCC(=O)O)NCC(F)(F)F. The molecule has 0 aliphatic rings. The van der Waals surface area contributed by atoms with Crippen LogP contribution < -0.4 is 5.32 Å². The van der Waals surface area contributed by atoms with E-state index >= 15 is 0 Å². The molecule has 0 amide bonds. The van der Waals surface area contributed by atoms with Gasteiger partial charge in [0, 0.05) is 6.42 Å². The molecule has 7 heteroatoms. The van der Waals surface area contributed by atoms with Crippen molar-refractivity contribution in [3.8, 4) is 6.07 Å². The van der Waals surface area contributed by atoms with Crippen LogP contribution in [0.5, 0.6) is 0 Å². The number of halogens is 3. The summed E-state index contributed by atoms with van der Waals surface area (Å²) in [5.41, 5.74) is -1.34. The maximum atomic E-state index is 11.9. The third-order valence-electron chi connectivity index (χ3n) is 1.99. The Morgan fingerprint density at radius 1 is 1.50 bits per heavy atom. The lowest BCUT2D eigenvalue weighted by atomic mass is 9.96. The van der Waals surface area contributed by atoms with Gasteiger partial charge in [0.2, 0.25) is 0 Å². The lowest BCUT2D eigenvalue weighted by Gasteiger charge is -2.23. The number of hydrogen-bond donors (Lipinski definition) is 2. The van der Waals surface area contributed by atoms with Crippen LogP contribution in [-0.2, 0) is 4.79 Å². The number of alkyl halides is 3. The molecule has 0 aromatic heterocycles. The maximum absolute atomic E-state index is 11.9. The Balaban J connectivity index is 4.12. The molecule has 0 spiro atoms. The zero-order valence-corrected chi connectivity index (χ0v) is 8.76. The highest BCUT2D eigenvalue weighted by atomic mass is 19.4. The van der Waals surface area contributed by atoms with Gasteiger partial charge in [-0.2, -0.15) is 18.4 Å². The number of carbonyl (C=O) groups is 1. The lowest BCUT2D eigenvalue weighted by Crippen LogP contribution is -2.45. The molecular formula is C9H13F3N2O2. The second-order valence-electron chi connectivity index (χ2n) is 3.66. The predicted molar refractivity (Wildman–Crippen MR) is 49.6 cm³/mol. The fourth-order valence-electron chi connectivity index (χ4n) is 1.07. The van der Waals surface area contributed by atoms with Crippen LogP contribution in [-0.4, -0.2) is 29.3 Å². The molecule has 92 valence electrons. The molecule has 0 fully saturated rings. The summed E-state index contributed by atoms with van der Waals surface area (Å²) in [5, 5.41) is 19.2. The predicted octanol–water partition coefficient (Wildman–Crippen LogP) is 1.68. The van der Waals surface area contributed by atoms with Crippen LogP contribution in [0, 0.1) is 11.3 Å². The molecule has 1 atom stereocenters. The Hall–Kier alpha value is -1.29.